The molecular weight excluding hydrogens is 360 g/mol. The lowest BCUT2D eigenvalue weighted by molar-refractivity contribution is -0.0448. The maximum Gasteiger partial charge on any atom is 0.248 e. The number of hydrogen-bond donors (Lipinski definition) is 1. The van der Waals surface area contributed by atoms with Crippen molar-refractivity contribution in [2.24, 2.45) is 10.9 Å². The second kappa shape index (κ2) is 6.50. The Morgan fingerprint density at radius 3 is 2.57 bits per heavy atom. The fourth-order valence-corrected chi connectivity index (χ4v) is 4.53. The molecule has 2 saturated carbocycles. The van der Waals surface area contributed by atoms with Crippen LogP contribution in [0.5, 0.6) is 0 Å². The van der Waals surface area contributed by atoms with Crippen molar-refractivity contribution < 1.29 is 8.78 Å². The number of hydrogen-bond acceptors (Lipinski definition) is 4. The number of aromatic nitrogens is 3. The zero-order chi connectivity index (χ0) is 19.3. The van der Waals surface area contributed by atoms with Crippen LogP contribution in [0.4, 0.5) is 14.6 Å². The van der Waals surface area contributed by atoms with Crippen molar-refractivity contribution in [1.29, 1.82) is 0 Å². The highest BCUT2D eigenvalue weighted by molar-refractivity contribution is 5.99. The Morgan fingerprint density at radius 2 is 1.89 bits per heavy atom. The summed E-state index contributed by atoms with van der Waals surface area (Å²) < 4.78 is 29.0. The Balaban J connectivity index is 1.43. The summed E-state index contributed by atoms with van der Waals surface area (Å²) in [6, 6.07) is 5.96. The number of rotatable bonds is 3. The molecule has 3 heterocycles. The number of fused-ring (bicyclic) bond motifs is 1. The van der Waals surface area contributed by atoms with E-state index in [1.54, 1.807) is 6.20 Å². The highest BCUT2D eigenvalue weighted by Gasteiger charge is 2.40. The molecule has 1 N–H and O–H groups in total. The van der Waals surface area contributed by atoms with Crippen molar-refractivity contribution in [3.8, 4) is 0 Å². The van der Waals surface area contributed by atoms with Crippen LogP contribution >= 0.6 is 0 Å². The average molecular weight is 383 g/mol. The minimum Gasteiger partial charge on any atom is -0.343 e. The Kier molecular flexibility index (Phi) is 4.07. The zero-order valence-corrected chi connectivity index (χ0v) is 15.6. The van der Waals surface area contributed by atoms with Crippen LogP contribution in [-0.4, -0.2) is 26.5 Å². The third-order valence-corrected chi connectivity index (χ3v) is 6.33. The summed E-state index contributed by atoms with van der Waals surface area (Å²) in [6.07, 6.45) is 6.36. The quantitative estimate of drug-likeness (QED) is 0.826. The van der Waals surface area contributed by atoms with Gasteiger partial charge in [-0.1, -0.05) is 12.6 Å². The van der Waals surface area contributed by atoms with Crippen LogP contribution in [0.3, 0.4) is 0 Å². The SMILES string of the molecule is C=C1NC(C2CCC2c2ccccn2)=Nc2c1cnn2C1CCC(F)(F)CC1. The molecule has 0 aromatic carbocycles. The van der Waals surface area contributed by atoms with E-state index in [1.165, 1.54) is 0 Å². The molecule has 7 heteroatoms. The van der Waals surface area contributed by atoms with Crippen molar-refractivity contribution in [3.05, 3.63) is 48.4 Å². The van der Waals surface area contributed by atoms with E-state index in [0.29, 0.717) is 18.8 Å². The molecule has 0 bridgehead atoms. The lowest BCUT2D eigenvalue weighted by Crippen LogP contribution is -2.40. The standard InChI is InChI=1S/C21H23F2N5/c1-13-17-12-25-28(14-7-9-21(22,23)10-8-14)20(17)27-19(26-13)16-6-5-15(16)18-4-2-3-11-24-18/h2-4,11-12,14-16H,1,5-10H2,(H,26,27). The smallest absolute Gasteiger partial charge is 0.248 e. The van der Waals surface area contributed by atoms with Gasteiger partial charge >= 0.3 is 0 Å². The molecule has 5 rings (SSSR count). The molecule has 1 aliphatic heterocycles. The van der Waals surface area contributed by atoms with Crippen LogP contribution in [0.1, 0.15) is 61.7 Å². The Labute approximate surface area is 162 Å². The number of nitrogens with zero attached hydrogens (tertiary/aromatic N) is 4. The largest absolute Gasteiger partial charge is 0.343 e. The monoisotopic (exact) mass is 383 g/mol. The highest BCUT2D eigenvalue weighted by Crippen LogP contribution is 2.45. The summed E-state index contributed by atoms with van der Waals surface area (Å²) in [5.41, 5.74) is 2.72. The molecule has 2 unspecified atom stereocenters. The maximum absolute atomic E-state index is 13.6. The topological polar surface area (TPSA) is 55.1 Å². The molecule has 2 aliphatic carbocycles. The van der Waals surface area contributed by atoms with Gasteiger partial charge in [0.15, 0.2) is 5.82 Å². The van der Waals surface area contributed by atoms with Crippen molar-refractivity contribution in [2.45, 2.75) is 56.4 Å². The molecule has 0 radical (unpaired) electrons. The Morgan fingerprint density at radius 1 is 1.11 bits per heavy atom. The molecule has 28 heavy (non-hydrogen) atoms. The summed E-state index contributed by atoms with van der Waals surface area (Å²) >= 11 is 0. The van der Waals surface area contributed by atoms with Gasteiger partial charge in [0.05, 0.1) is 17.8 Å². The van der Waals surface area contributed by atoms with Crippen LogP contribution in [-0.2, 0) is 0 Å². The lowest BCUT2D eigenvalue weighted by Gasteiger charge is -2.38. The van der Waals surface area contributed by atoms with E-state index in [1.807, 2.05) is 23.0 Å². The summed E-state index contributed by atoms with van der Waals surface area (Å²) in [7, 11) is 0. The highest BCUT2D eigenvalue weighted by atomic mass is 19.3. The van der Waals surface area contributed by atoms with Gasteiger partial charge in [-0.3, -0.25) is 4.98 Å². The van der Waals surface area contributed by atoms with E-state index in [0.717, 1.165) is 41.4 Å². The molecule has 3 aliphatic rings. The third kappa shape index (κ3) is 2.93. The summed E-state index contributed by atoms with van der Waals surface area (Å²) in [4.78, 5) is 9.40. The van der Waals surface area contributed by atoms with Crippen LogP contribution in [0, 0.1) is 5.92 Å². The Bertz CT molecular complexity index is 924. The average Bonchev–Trinajstić information content (AvgIpc) is 3.06. The first-order valence-corrected chi connectivity index (χ1v) is 9.93. The zero-order valence-electron chi connectivity index (χ0n) is 15.6. The molecule has 0 amide bonds. The van der Waals surface area contributed by atoms with Crippen molar-refractivity contribution >= 4 is 17.4 Å². The van der Waals surface area contributed by atoms with Crippen molar-refractivity contribution in [1.82, 2.24) is 20.1 Å². The number of pyridine rings is 1. The summed E-state index contributed by atoms with van der Waals surface area (Å²) in [5.74, 6) is -0.307. The molecule has 0 spiro atoms. The van der Waals surface area contributed by atoms with Gasteiger partial charge in [-0.15, -0.1) is 0 Å². The second-order valence-corrected chi connectivity index (χ2v) is 8.06. The fourth-order valence-electron chi connectivity index (χ4n) is 4.53. The van der Waals surface area contributed by atoms with Gasteiger partial charge in [0.25, 0.3) is 0 Å². The van der Waals surface area contributed by atoms with Crippen molar-refractivity contribution in [3.63, 3.8) is 0 Å². The number of amidine groups is 1. The number of aliphatic imine (C=N–C) groups is 1. The molecule has 146 valence electrons. The van der Waals surface area contributed by atoms with Gasteiger partial charge in [-0.2, -0.15) is 5.10 Å². The minimum atomic E-state index is -2.55. The number of nitrogens with one attached hydrogen (secondary N) is 1. The van der Waals surface area contributed by atoms with E-state index >= 15 is 0 Å². The number of halogens is 2. The summed E-state index contributed by atoms with van der Waals surface area (Å²) in [5, 5.41) is 7.84. The van der Waals surface area contributed by atoms with Crippen LogP contribution in [0.15, 0.2) is 42.2 Å². The number of alkyl halides is 2. The lowest BCUT2D eigenvalue weighted by atomic mass is 9.70. The van der Waals surface area contributed by atoms with Gasteiger partial charge in [0, 0.05) is 42.3 Å². The molecule has 2 aromatic heterocycles. The van der Waals surface area contributed by atoms with Gasteiger partial charge < -0.3 is 5.32 Å². The molecule has 2 fully saturated rings. The maximum atomic E-state index is 13.6. The molecule has 2 aromatic rings. The normalized spacial score (nSPS) is 26.8. The first-order valence-electron chi connectivity index (χ1n) is 9.93. The summed E-state index contributed by atoms with van der Waals surface area (Å²) in [6.45, 7) is 4.14. The van der Waals surface area contributed by atoms with E-state index in [4.69, 9.17) is 4.99 Å². The van der Waals surface area contributed by atoms with E-state index in [-0.39, 0.29) is 24.8 Å². The van der Waals surface area contributed by atoms with E-state index < -0.39 is 5.92 Å². The molecule has 0 saturated heterocycles. The van der Waals surface area contributed by atoms with E-state index in [2.05, 4.69) is 28.0 Å². The first kappa shape index (κ1) is 17.5. The van der Waals surface area contributed by atoms with Crippen molar-refractivity contribution in [2.75, 3.05) is 0 Å². The van der Waals surface area contributed by atoms with Gasteiger partial charge in [-0.25, -0.2) is 18.5 Å². The predicted octanol–water partition coefficient (Wildman–Crippen LogP) is 4.83. The van der Waals surface area contributed by atoms with Gasteiger partial charge in [-0.05, 0) is 37.8 Å². The van der Waals surface area contributed by atoms with E-state index in [9.17, 15) is 8.78 Å². The van der Waals surface area contributed by atoms with Crippen LogP contribution < -0.4 is 5.32 Å². The minimum absolute atomic E-state index is 0.0350. The first-order chi connectivity index (χ1) is 13.5. The molecular formula is C21H23F2N5. The van der Waals surface area contributed by atoms with Gasteiger partial charge in [0.1, 0.15) is 5.84 Å². The van der Waals surface area contributed by atoms with Crippen LogP contribution in [0.25, 0.3) is 5.70 Å². The Hall–Kier alpha value is -2.57. The second-order valence-electron chi connectivity index (χ2n) is 8.06. The van der Waals surface area contributed by atoms with Gasteiger partial charge in [0.2, 0.25) is 5.92 Å². The molecule has 5 nitrogen and oxygen atoms in total. The third-order valence-electron chi connectivity index (χ3n) is 6.33. The molecule has 2 atom stereocenters. The fraction of sp³-hybridized carbons (Fsp3) is 0.476. The predicted molar refractivity (Wildman–Crippen MR) is 104 cm³/mol. The van der Waals surface area contributed by atoms with Crippen LogP contribution in [0.2, 0.25) is 0 Å².